The Balaban J connectivity index is 2.02. The van der Waals surface area contributed by atoms with Gasteiger partial charge in [-0.15, -0.1) is 0 Å². The van der Waals surface area contributed by atoms with Crippen molar-refractivity contribution < 1.29 is 13.9 Å². The number of para-hydroxylation sites is 1. The highest BCUT2D eigenvalue weighted by molar-refractivity contribution is 6.04. The van der Waals surface area contributed by atoms with E-state index in [0.717, 1.165) is 16.5 Å². The van der Waals surface area contributed by atoms with Crippen LogP contribution in [-0.2, 0) is 11.3 Å². The second kappa shape index (κ2) is 6.02. The zero-order valence-corrected chi connectivity index (χ0v) is 12.3. The number of esters is 1. The lowest BCUT2D eigenvalue weighted by atomic mass is 10.2. The van der Waals surface area contributed by atoms with Gasteiger partial charge in [-0.1, -0.05) is 30.3 Å². The van der Waals surface area contributed by atoms with Crippen LogP contribution in [0, 0.1) is 5.82 Å². The molecule has 0 radical (unpaired) electrons. The van der Waals surface area contributed by atoms with E-state index in [4.69, 9.17) is 4.74 Å². The summed E-state index contributed by atoms with van der Waals surface area (Å²) in [5, 5.41) is 0.864. The van der Waals surface area contributed by atoms with Gasteiger partial charge in [0, 0.05) is 23.6 Å². The molecule has 4 heteroatoms. The highest BCUT2D eigenvalue weighted by atomic mass is 19.1. The van der Waals surface area contributed by atoms with E-state index < -0.39 is 0 Å². The lowest BCUT2D eigenvalue weighted by Gasteiger charge is -2.05. The second-order valence-corrected chi connectivity index (χ2v) is 5.03. The van der Waals surface area contributed by atoms with Crippen molar-refractivity contribution in [1.82, 2.24) is 4.57 Å². The van der Waals surface area contributed by atoms with Crippen LogP contribution in [0.25, 0.3) is 10.9 Å². The molecule has 3 rings (SSSR count). The van der Waals surface area contributed by atoms with Crippen LogP contribution in [0.4, 0.5) is 4.39 Å². The molecule has 0 saturated carbocycles. The quantitative estimate of drug-likeness (QED) is 0.681. The van der Waals surface area contributed by atoms with Crippen molar-refractivity contribution in [3.8, 4) is 0 Å². The third-order valence-electron chi connectivity index (χ3n) is 3.55. The number of halogens is 1. The maximum Gasteiger partial charge on any atom is 0.340 e. The number of benzene rings is 2. The molecule has 0 fully saturated rings. The van der Waals surface area contributed by atoms with Gasteiger partial charge >= 0.3 is 5.97 Å². The van der Waals surface area contributed by atoms with Gasteiger partial charge in [-0.2, -0.15) is 0 Å². The molecule has 0 aliphatic carbocycles. The lowest BCUT2D eigenvalue weighted by molar-refractivity contribution is 0.0528. The zero-order chi connectivity index (χ0) is 15.5. The number of fused-ring (bicyclic) bond motifs is 1. The van der Waals surface area contributed by atoms with E-state index in [-0.39, 0.29) is 11.8 Å². The Morgan fingerprint density at radius 3 is 2.59 bits per heavy atom. The number of aromatic nitrogens is 1. The van der Waals surface area contributed by atoms with Crippen LogP contribution in [0.3, 0.4) is 0 Å². The Morgan fingerprint density at radius 1 is 1.14 bits per heavy atom. The Labute approximate surface area is 127 Å². The predicted molar refractivity (Wildman–Crippen MR) is 83.4 cm³/mol. The number of carbonyl (C=O) groups is 1. The minimum absolute atomic E-state index is 0.256. The Hall–Kier alpha value is -2.62. The molecule has 112 valence electrons. The first kappa shape index (κ1) is 14.3. The molecule has 3 aromatic rings. The lowest BCUT2D eigenvalue weighted by Crippen LogP contribution is -2.04. The highest BCUT2D eigenvalue weighted by Gasteiger charge is 2.15. The van der Waals surface area contributed by atoms with E-state index in [1.807, 2.05) is 28.8 Å². The first-order valence-corrected chi connectivity index (χ1v) is 7.18. The summed E-state index contributed by atoms with van der Waals surface area (Å²) < 4.78 is 20.1. The van der Waals surface area contributed by atoms with E-state index in [1.165, 1.54) is 12.1 Å². The van der Waals surface area contributed by atoms with Crippen LogP contribution in [0.2, 0.25) is 0 Å². The molecule has 0 aliphatic rings. The maximum atomic E-state index is 13.0. The summed E-state index contributed by atoms with van der Waals surface area (Å²) in [5.41, 5.74) is 2.48. The molecule has 1 aromatic heterocycles. The predicted octanol–water partition coefficient (Wildman–Crippen LogP) is 4.01. The van der Waals surface area contributed by atoms with Crippen molar-refractivity contribution in [1.29, 1.82) is 0 Å². The molecule has 0 bridgehead atoms. The van der Waals surface area contributed by atoms with Gasteiger partial charge in [-0.3, -0.25) is 0 Å². The summed E-state index contributed by atoms with van der Waals surface area (Å²) >= 11 is 0. The van der Waals surface area contributed by atoms with Gasteiger partial charge in [0.2, 0.25) is 0 Å². The zero-order valence-electron chi connectivity index (χ0n) is 12.3. The number of hydrogen-bond donors (Lipinski definition) is 0. The molecule has 1 heterocycles. The number of ether oxygens (including phenoxy) is 1. The van der Waals surface area contributed by atoms with Crippen molar-refractivity contribution in [2.45, 2.75) is 13.5 Å². The van der Waals surface area contributed by atoms with Gasteiger partial charge in [0.15, 0.2) is 0 Å². The normalized spacial score (nSPS) is 10.8. The Kier molecular flexibility index (Phi) is 3.92. The summed E-state index contributed by atoms with van der Waals surface area (Å²) in [6.45, 7) is 2.70. The first-order valence-electron chi connectivity index (χ1n) is 7.18. The molecule has 3 nitrogen and oxygen atoms in total. The standard InChI is InChI=1S/C18H16FNO2/c1-2-22-18(21)16-12-20(17-6-4-3-5-15(16)17)11-13-7-9-14(19)10-8-13/h3-10,12H,2,11H2,1H3. The van der Waals surface area contributed by atoms with Crippen LogP contribution in [0.1, 0.15) is 22.8 Å². The van der Waals surface area contributed by atoms with Crippen LogP contribution >= 0.6 is 0 Å². The van der Waals surface area contributed by atoms with Gasteiger partial charge in [-0.25, -0.2) is 9.18 Å². The van der Waals surface area contributed by atoms with Crippen LogP contribution in [0.5, 0.6) is 0 Å². The first-order chi connectivity index (χ1) is 10.7. The van der Waals surface area contributed by atoms with Gasteiger partial charge in [-0.05, 0) is 30.7 Å². The smallest absolute Gasteiger partial charge is 0.340 e. The molecule has 0 saturated heterocycles. The highest BCUT2D eigenvalue weighted by Crippen LogP contribution is 2.23. The molecule has 0 N–H and O–H groups in total. The van der Waals surface area contributed by atoms with Gasteiger partial charge in [0.1, 0.15) is 5.82 Å². The van der Waals surface area contributed by atoms with Gasteiger partial charge < -0.3 is 9.30 Å². The third kappa shape index (κ3) is 2.72. The van der Waals surface area contributed by atoms with Crippen LogP contribution in [0.15, 0.2) is 54.7 Å². The molecule has 0 spiro atoms. The molecular formula is C18H16FNO2. The summed E-state index contributed by atoms with van der Waals surface area (Å²) in [7, 11) is 0. The topological polar surface area (TPSA) is 31.2 Å². The minimum atomic E-state index is -0.323. The molecule has 2 aromatic carbocycles. The van der Waals surface area contributed by atoms with Gasteiger partial charge in [0.25, 0.3) is 0 Å². The fourth-order valence-corrected chi connectivity index (χ4v) is 2.54. The van der Waals surface area contributed by atoms with Crippen molar-refractivity contribution in [3.05, 3.63) is 71.7 Å². The monoisotopic (exact) mass is 297 g/mol. The van der Waals surface area contributed by atoms with Crippen molar-refractivity contribution in [2.24, 2.45) is 0 Å². The van der Waals surface area contributed by atoms with Crippen molar-refractivity contribution in [3.63, 3.8) is 0 Å². The molecule has 0 atom stereocenters. The van der Waals surface area contributed by atoms with E-state index in [2.05, 4.69) is 0 Å². The SMILES string of the molecule is CCOC(=O)c1cn(Cc2ccc(F)cc2)c2ccccc12. The molecule has 0 amide bonds. The summed E-state index contributed by atoms with van der Waals surface area (Å²) in [6, 6.07) is 14.1. The largest absolute Gasteiger partial charge is 0.462 e. The third-order valence-corrected chi connectivity index (χ3v) is 3.55. The molecule has 0 aliphatic heterocycles. The Morgan fingerprint density at radius 2 is 1.86 bits per heavy atom. The van der Waals surface area contributed by atoms with Crippen molar-refractivity contribution >= 4 is 16.9 Å². The molecule has 22 heavy (non-hydrogen) atoms. The van der Waals surface area contributed by atoms with E-state index in [0.29, 0.717) is 18.7 Å². The van der Waals surface area contributed by atoms with E-state index in [1.54, 1.807) is 25.3 Å². The maximum absolute atomic E-state index is 13.0. The van der Waals surface area contributed by atoms with Crippen LogP contribution < -0.4 is 0 Å². The number of rotatable bonds is 4. The summed E-state index contributed by atoms with van der Waals surface area (Å²) in [4.78, 5) is 12.1. The van der Waals surface area contributed by atoms with E-state index in [9.17, 15) is 9.18 Å². The summed E-state index contributed by atoms with van der Waals surface area (Å²) in [6.07, 6.45) is 1.80. The minimum Gasteiger partial charge on any atom is -0.462 e. The number of nitrogens with zero attached hydrogens (tertiary/aromatic N) is 1. The second-order valence-electron chi connectivity index (χ2n) is 5.03. The Bertz CT molecular complexity index is 806. The van der Waals surface area contributed by atoms with E-state index >= 15 is 0 Å². The van der Waals surface area contributed by atoms with Gasteiger partial charge in [0.05, 0.1) is 12.2 Å². The molecule has 0 unspecified atom stereocenters. The average molecular weight is 297 g/mol. The summed E-state index contributed by atoms with van der Waals surface area (Å²) in [5.74, 6) is -0.579. The van der Waals surface area contributed by atoms with Crippen molar-refractivity contribution in [2.75, 3.05) is 6.61 Å². The number of carbonyl (C=O) groups excluding carboxylic acids is 1. The number of hydrogen-bond acceptors (Lipinski definition) is 2. The molecular weight excluding hydrogens is 281 g/mol. The fraction of sp³-hybridized carbons (Fsp3) is 0.167. The average Bonchev–Trinajstić information content (AvgIpc) is 2.89. The van der Waals surface area contributed by atoms with Crippen LogP contribution in [-0.4, -0.2) is 17.1 Å². The fourth-order valence-electron chi connectivity index (χ4n) is 2.54.